The lowest BCUT2D eigenvalue weighted by Crippen LogP contribution is -2.07. The van der Waals surface area contributed by atoms with Crippen LogP contribution in [0.15, 0.2) is 18.2 Å². The number of carbonyl (C=O) groups excluding carboxylic acids is 1. The number of nitrogens with one attached hydrogen (secondary N) is 1. The predicted octanol–water partition coefficient (Wildman–Crippen LogP) is 3.76. The molecule has 0 atom stereocenters. The van der Waals surface area contributed by atoms with Crippen molar-refractivity contribution >= 4 is 5.78 Å². The molecule has 0 bridgehead atoms. The zero-order valence-electron chi connectivity index (χ0n) is 12.2. The zero-order chi connectivity index (χ0) is 15.4. The number of aromatic amines is 1. The van der Waals surface area contributed by atoms with Gasteiger partial charge in [-0.25, -0.2) is 13.8 Å². The fourth-order valence-electron chi connectivity index (χ4n) is 2.20. The lowest BCUT2D eigenvalue weighted by molar-refractivity contribution is 0.0987. The van der Waals surface area contributed by atoms with Crippen molar-refractivity contribution < 1.29 is 13.6 Å². The Morgan fingerprint density at radius 3 is 2.76 bits per heavy atom. The van der Waals surface area contributed by atoms with Gasteiger partial charge in [0.05, 0.1) is 17.7 Å². The van der Waals surface area contributed by atoms with Gasteiger partial charge in [-0.2, -0.15) is 0 Å². The molecule has 0 fully saturated rings. The van der Waals surface area contributed by atoms with Crippen LogP contribution in [0.5, 0.6) is 0 Å². The molecule has 0 unspecified atom stereocenters. The minimum absolute atomic E-state index is 0.0183. The van der Waals surface area contributed by atoms with E-state index < -0.39 is 17.4 Å². The number of halogens is 2. The van der Waals surface area contributed by atoms with Gasteiger partial charge in [-0.1, -0.05) is 13.3 Å². The monoisotopic (exact) mass is 292 g/mol. The first-order valence-corrected chi connectivity index (χ1v) is 7.04. The summed E-state index contributed by atoms with van der Waals surface area (Å²) in [6.07, 6.45) is 2.94. The van der Waals surface area contributed by atoms with E-state index in [0.29, 0.717) is 11.9 Å². The summed E-state index contributed by atoms with van der Waals surface area (Å²) in [5.41, 5.74) is 1.77. The number of hydrogen-bond acceptors (Lipinski definition) is 2. The van der Waals surface area contributed by atoms with Crippen LogP contribution in [0.1, 0.15) is 47.3 Å². The van der Waals surface area contributed by atoms with Gasteiger partial charge in [-0.15, -0.1) is 0 Å². The molecule has 1 aromatic heterocycles. The van der Waals surface area contributed by atoms with E-state index in [-0.39, 0.29) is 12.0 Å². The fourth-order valence-corrected chi connectivity index (χ4v) is 2.20. The van der Waals surface area contributed by atoms with Crippen LogP contribution in [0.3, 0.4) is 0 Å². The van der Waals surface area contributed by atoms with E-state index in [1.54, 1.807) is 0 Å². The molecule has 1 aromatic carbocycles. The molecule has 0 saturated carbocycles. The second kappa shape index (κ2) is 6.61. The molecule has 1 N–H and O–H groups in total. The highest BCUT2D eigenvalue weighted by Crippen LogP contribution is 2.14. The van der Waals surface area contributed by atoms with Crippen molar-refractivity contribution in [1.29, 1.82) is 0 Å². The topological polar surface area (TPSA) is 45.8 Å². The van der Waals surface area contributed by atoms with Crippen molar-refractivity contribution in [3.8, 4) is 0 Å². The molecule has 0 aliphatic rings. The maximum absolute atomic E-state index is 13.6. The van der Waals surface area contributed by atoms with E-state index in [4.69, 9.17) is 0 Å². The lowest BCUT2D eigenvalue weighted by atomic mass is 10.1. The van der Waals surface area contributed by atoms with Crippen molar-refractivity contribution in [1.82, 2.24) is 9.97 Å². The first-order chi connectivity index (χ1) is 10.0. The number of nitrogens with zero attached hydrogens (tertiary/aromatic N) is 1. The molecule has 0 saturated heterocycles. The summed E-state index contributed by atoms with van der Waals surface area (Å²) in [6.45, 7) is 4.01. The van der Waals surface area contributed by atoms with Crippen molar-refractivity contribution in [2.75, 3.05) is 0 Å². The number of aryl methyl sites for hydroxylation is 2. The van der Waals surface area contributed by atoms with Gasteiger partial charge in [0, 0.05) is 11.8 Å². The minimum atomic E-state index is -0.838. The van der Waals surface area contributed by atoms with Crippen molar-refractivity contribution in [2.45, 2.75) is 39.5 Å². The summed E-state index contributed by atoms with van der Waals surface area (Å²) in [4.78, 5) is 19.5. The van der Waals surface area contributed by atoms with Gasteiger partial charge in [0.25, 0.3) is 0 Å². The number of unbranched alkanes of at least 4 members (excludes halogenated alkanes) is 1. The van der Waals surface area contributed by atoms with Gasteiger partial charge >= 0.3 is 0 Å². The van der Waals surface area contributed by atoms with Crippen LogP contribution < -0.4 is 0 Å². The van der Waals surface area contributed by atoms with Gasteiger partial charge in [-0.05, 0) is 31.9 Å². The van der Waals surface area contributed by atoms with Gasteiger partial charge in [0.2, 0.25) is 0 Å². The van der Waals surface area contributed by atoms with E-state index in [2.05, 4.69) is 16.9 Å². The second-order valence-corrected chi connectivity index (χ2v) is 5.08. The molecular formula is C16H18F2N2O. The smallest absolute Gasteiger partial charge is 0.173 e. The van der Waals surface area contributed by atoms with Gasteiger partial charge in [-0.3, -0.25) is 4.79 Å². The Bertz CT molecular complexity index is 650. The second-order valence-electron chi connectivity index (χ2n) is 5.08. The highest BCUT2D eigenvalue weighted by atomic mass is 19.1. The van der Waals surface area contributed by atoms with E-state index in [1.807, 2.05) is 6.92 Å². The molecule has 2 aromatic rings. The van der Waals surface area contributed by atoms with Gasteiger partial charge in [0.1, 0.15) is 17.5 Å². The molecule has 0 aliphatic carbocycles. The van der Waals surface area contributed by atoms with Gasteiger partial charge < -0.3 is 4.98 Å². The Morgan fingerprint density at radius 1 is 1.33 bits per heavy atom. The van der Waals surface area contributed by atoms with Crippen molar-refractivity contribution in [3.63, 3.8) is 0 Å². The SMILES string of the molecule is CCCCc1nc(CC(=O)c2ccc(F)cc2F)[nH]c1C. The molecule has 21 heavy (non-hydrogen) atoms. The Kier molecular flexibility index (Phi) is 4.83. The molecule has 112 valence electrons. The van der Waals surface area contributed by atoms with Crippen LogP contribution >= 0.6 is 0 Å². The van der Waals surface area contributed by atoms with Crippen LogP contribution in [0, 0.1) is 18.6 Å². The van der Waals surface area contributed by atoms with Gasteiger partial charge in [0.15, 0.2) is 5.78 Å². The number of hydrogen-bond donors (Lipinski definition) is 1. The number of ketones is 1. The number of carbonyl (C=O) groups is 1. The number of aromatic nitrogens is 2. The van der Waals surface area contributed by atoms with E-state index in [0.717, 1.165) is 36.7 Å². The van der Waals surface area contributed by atoms with Crippen LogP contribution in [-0.4, -0.2) is 15.8 Å². The summed E-state index contributed by atoms with van der Waals surface area (Å²) >= 11 is 0. The summed E-state index contributed by atoms with van der Waals surface area (Å²) in [5, 5.41) is 0. The molecule has 1 heterocycles. The number of Topliss-reactive ketones (excluding diaryl/α,β-unsaturated/α-hetero) is 1. The molecule has 2 rings (SSSR count). The number of rotatable bonds is 6. The van der Waals surface area contributed by atoms with Crippen LogP contribution in [0.25, 0.3) is 0 Å². The van der Waals surface area contributed by atoms with Crippen LogP contribution in [-0.2, 0) is 12.8 Å². The quantitative estimate of drug-likeness (QED) is 0.824. The Hall–Kier alpha value is -2.04. The maximum atomic E-state index is 13.6. The average Bonchev–Trinajstić information content (AvgIpc) is 2.76. The number of imidazole rings is 1. The largest absolute Gasteiger partial charge is 0.345 e. The normalized spacial score (nSPS) is 10.9. The molecule has 0 radical (unpaired) electrons. The summed E-state index contributed by atoms with van der Waals surface area (Å²) in [5.74, 6) is -1.43. The van der Waals surface area contributed by atoms with E-state index >= 15 is 0 Å². The van der Waals surface area contributed by atoms with Crippen molar-refractivity contribution in [3.05, 3.63) is 52.6 Å². The third-order valence-corrected chi connectivity index (χ3v) is 3.36. The maximum Gasteiger partial charge on any atom is 0.173 e. The third kappa shape index (κ3) is 3.74. The lowest BCUT2D eigenvalue weighted by Gasteiger charge is -2.01. The molecule has 0 amide bonds. The Balaban J connectivity index is 2.12. The first-order valence-electron chi connectivity index (χ1n) is 7.04. The first kappa shape index (κ1) is 15.4. The zero-order valence-corrected chi connectivity index (χ0v) is 12.2. The molecule has 0 aliphatic heterocycles. The van der Waals surface area contributed by atoms with Crippen LogP contribution in [0.2, 0.25) is 0 Å². The highest BCUT2D eigenvalue weighted by Gasteiger charge is 2.16. The molecule has 0 spiro atoms. The summed E-state index contributed by atoms with van der Waals surface area (Å²) in [7, 11) is 0. The van der Waals surface area contributed by atoms with Crippen molar-refractivity contribution in [2.24, 2.45) is 0 Å². The summed E-state index contributed by atoms with van der Waals surface area (Å²) in [6, 6.07) is 2.96. The molecule has 3 nitrogen and oxygen atoms in total. The Labute approximate surface area is 122 Å². The predicted molar refractivity (Wildman–Crippen MR) is 76.3 cm³/mol. The Morgan fingerprint density at radius 2 is 2.10 bits per heavy atom. The number of H-pyrrole nitrogens is 1. The molecule has 5 heteroatoms. The van der Waals surface area contributed by atoms with Crippen LogP contribution in [0.4, 0.5) is 8.78 Å². The fraction of sp³-hybridized carbons (Fsp3) is 0.375. The summed E-state index contributed by atoms with van der Waals surface area (Å²) < 4.78 is 26.4. The number of benzene rings is 1. The highest BCUT2D eigenvalue weighted by molar-refractivity contribution is 5.97. The van der Waals surface area contributed by atoms with E-state index in [1.165, 1.54) is 6.07 Å². The third-order valence-electron chi connectivity index (χ3n) is 3.36. The average molecular weight is 292 g/mol. The van der Waals surface area contributed by atoms with E-state index in [9.17, 15) is 13.6 Å². The standard InChI is InChI=1S/C16H18F2N2O/c1-3-4-5-14-10(2)19-16(20-14)9-15(21)12-7-6-11(17)8-13(12)18/h6-8H,3-5,9H2,1-2H3,(H,19,20). The molecular weight excluding hydrogens is 274 g/mol. The minimum Gasteiger partial charge on any atom is -0.345 e.